The highest BCUT2D eigenvalue weighted by Gasteiger charge is 2.36. The van der Waals surface area contributed by atoms with Crippen molar-refractivity contribution in [2.24, 2.45) is 0 Å². The molecule has 31 heavy (non-hydrogen) atoms. The molecule has 0 bridgehead atoms. The Morgan fingerprint density at radius 2 is 1.55 bits per heavy atom. The van der Waals surface area contributed by atoms with E-state index in [9.17, 15) is 39.6 Å². The second-order valence-corrected chi connectivity index (χ2v) is 8.04. The Morgan fingerprint density at radius 3 is 1.97 bits per heavy atom. The summed E-state index contributed by atoms with van der Waals surface area (Å²) in [4.78, 5) is 10.1. The van der Waals surface area contributed by atoms with Gasteiger partial charge in [-0.2, -0.15) is 26.3 Å². The number of para-hydroxylation sites is 1. The van der Waals surface area contributed by atoms with Crippen LogP contribution in [-0.2, 0) is 30.9 Å². The number of benzene rings is 2. The van der Waals surface area contributed by atoms with Crippen molar-refractivity contribution in [2.45, 2.75) is 17.2 Å². The summed E-state index contributed by atoms with van der Waals surface area (Å²) in [7, 11) is 1.70. The molecule has 1 N–H and O–H groups in total. The predicted octanol–water partition coefficient (Wildman–Crippen LogP) is 4.60. The summed E-state index contributed by atoms with van der Waals surface area (Å²) in [5.41, 5.74) is -2.36. The van der Waals surface area contributed by atoms with Crippen LogP contribution in [0, 0.1) is 0 Å². The van der Waals surface area contributed by atoms with Gasteiger partial charge in [-0.15, -0.1) is 0 Å². The molecule has 0 radical (unpaired) electrons. The summed E-state index contributed by atoms with van der Waals surface area (Å²) >= 11 is 0. The van der Waals surface area contributed by atoms with Crippen molar-refractivity contribution in [3.8, 4) is 11.5 Å². The van der Waals surface area contributed by atoms with Gasteiger partial charge >= 0.3 is 18.3 Å². The number of hydrogen-bond donors (Lipinski definition) is 1. The molecule has 0 aliphatic carbocycles. The van der Waals surface area contributed by atoms with E-state index in [0.717, 1.165) is 31.4 Å². The molecule has 14 heteroatoms. The number of carbonyl (C=O) groups excluding carboxylic acids is 1. The molecule has 6 nitrogen and oxygen atoms in total. The molecule has 0 spiro atoms. The fourth-order valence-electron chi connectivity index (χ4n) is 1.92. The van der Waals surface area contributed by atoms with E-state index in [1.54, 1.807) is 0 Å². The molecule has 0 amide bonds. The summed E-state index contributed by atoms with van der Waals surface area (Å²) in [5, 5.41) is 8.73. The highest BCUT2D eigenvalue weighted by molar-refractivity contribution is 8.13. The zero-order valence-electron chi connectivity index (χ0n) is 15.3. The summed E-state index contributed by atoms with van der Waals surface area (Å²) in [5.74, 6) is -2.32. The Labute approximate surface area is 176 Å². The first-order chi connectivity index (χ1) is 14.1. The zero-order valence-corrected chi connectivity index (χ0v) is 16.9. The topological polar surface area (TPSA) is 89.9 Å². The lowest BCUT2D eigenvalue weighted by Crippen LogP contribution is -2.16. The average molecular weight is 495 g/mol. The van der Waals surface area contributed by atoms with Gasteiger partial charge in [0.2, 0.25) is 0 Å². The first-order valence-electron chi connectivity index (χ1n) is 7.78. The lowest BCUT2D eigenvalue weighted by Gasteiger charge is -2.14. The highest BCUT2D eigenvalue weighted by Crippen LogP contribution is 2.38. The minimum atomic E-state index is -4.87. The van der Waals surface area contributed by atoms with Crippen molar-refractivity contribution in [2.75, 3.05) is 13.7 Å². The van der Waals surface area contributed by atoms with Crippen molar-refractivity contribution >= 4 is 25.7 Å². The van der Waals surface area contributed by atoms with Crippen molar-refractivity contribution < 1.29 is 54.1 Å². The molecule has 0 saturated heterocycles. The molecule has 0 atom stereocenters. The van der Waals surface area contributed by atoms with Gasteiger partial charge in [0.15, 0.2) is 6.61 Å². The third-order valence-corrected chi connectivity index (χ3v) is 4.67. The number of esters is 1. The van der Waals surface area contributed by atoms with Crippen LogP contribution in [0.2, 0.25) is 0 Å². The van der Waals surface area contributed by atoms with E-state index in [1.165, 1.54) is 12.1 Å². The Kier molecular flexibility index (Phi) is 8.58. The summed E-state index contributed by atoms with van der Waals surface area (Å²) in [6.45, 7) is -0.744. The SMILES string of the molecule is COC(=O)COc1ccc(S(=O)(=O)Cl)cc1C(F)(F)F.Oc1ccccc1C(F)(F)F. The van der Waals surface area contributed by atoms with Gasteiger partial charge in [0.05, 0.1) is 23.1 Å². The molecule has 2 rings (SSSR count). The number of aromatic hydroxyl groups is 1. The van der Waals surface area contributed by atoms with Crippen LogP contribution in [0.15, 0.2) is 47.4 Å². The van der Waals surface area contributed by atoms with Gasteiger partial charge in [-0.3, -0.25) is 0 Å². The van der Waals surface area contributed by atoms with E-state index in [1.807, 2.05) is 0 Å². The van der Waals surface area contributed by atoms with E-state index < -0.39 is 61.5 Å². The van der Waals surface area contributed by atoms with Gasteiger partial charge in [0.25, 0.3) is 9.05 Å². The van der Waals surface area contributed by atoms with Crippen LogP contribution >= 0.6 is 10.7 Å². The van der Waals surface area contributed by atoms with Gasteiger partial charge in [0, 0.05) is 10.7 Å². The zero-order chi connectivity index (χ0) is 24.0. The van der Waals surface area contributed by atoms with Crippen LogP contribution in [0.4, 0.5) is 26.3 Å². The maximum Gasteiger partial charge on any atom is 0.420 e. The second kappa shape index (κ2) is 10.1. The molecular formula is C17H13ClF6O6S. The molecular weight excluding hydrogens is 482 g/mol. The van der Waals surface area contributed by atoms with Crippen LogP contribution in [0.3, 0.4) is 0 Å². The van der Waals surface area contributed by atoms with Crippen molar-refractivity contribution in [1.82, 2.24) is 0 Å². The third kappa shape index (κ3) is 8.17. The normalized spacial score (nSPS) is 11.9. The van der Waals surface area contributed by atoms with Gasteiger partial charge in [-0.1, -0.05) is 12.1 Å². The molecule has 2 aromatic rings. The largest absolute Gasteiger partial charge is 0.507 e. The maximum absolute atomic E-state index is 12.8. The Hall–Kier alpha value is -2.67. The number of carbonyl (C=O) groups is 1. The molecule has 0 aliphatic rings. The number of hydrogen-bond acceptors (Lipinski definition) is 6. The maximum atomic E-state index is 12.8. The average Bonchev–Trinajstić information content (AvgIpc) is 2.64. The van der Waals surface area contributed by atoms with E-state index in [0.29, 0.717) is 6.07 Å². The van der Waals surface area contributed by atoms with Crippen LogP contribution in [0.1, 0.15) is 11.1 Å². The molecule has 0 unspecified atom stereocenters. The second-order valence-electron chi connectivity index (χ2n) is 5.47. The highest BCUT2D eigenvalue weighted by atomic mass is 35.7. The first kappa shape index (κ1) is 26.4. The van der Waals surface area contributed by atoms with Gasteiger partial charge in [-0.05, 0) is 30.3 Å². The fraction of sp³-hybridized carbons (Fsp3) is 0.235. The number of phenols is 1. The minimum Gasteiger partial charge on any atom is -0.507 e. The van der Waals surface area contributed by atoms with Crippen LogP contribution in [0.5, 0.6) is 11.5 Å². The lowest BCUT2D eigenvalue weighted by atomic mass is 10.2. The summed E-state index contributed by atoms with van der Waals surface area (Å²) in [6.07, 6.45) is -9.34. The van der Waals surface area contributed by atoms with Crippen molar-refractivity contribution in [3.63, 3.8) is 0 Å². The molecule has 0 aliphatic heterocycles. The number of ether oxygens (including phenoxy) is 2. The quantitative estimate of drug-likeness (QED) is 0.380. The van der Waals surface area contributed by atoms with Crippen molar-refractivity contribution in [1.29, 1.82) is 0 Å². The Morgan fingerprint density at radius 1 is 1.00 bits per heavy atom. The molecule has 0 saturated carbocycles. The van der Waals surface area contributed by atoms with Gasteiger partial charge in [-0.25, -0.2) is 13.2 Å². The minimum absolute atomic E-state index is 0.328. The number of halogens is 7. The smallest absolute Gasteiger partial charge is 0.420 e. The monoisotopic (exact) mass is 494 g/mol. The Balaban J connectivity index is 0.000000367. The van der Waals surface area contributed by atoms with E-state index >= 15 is 0 Å². The standard InChI is InChI=1S/C10H8ClF3O5S.C7H5F3O/c1-18-9(15)5-19-8-3-2-6(20(11,16)17)4-7(8)10(12,13)14;8-7(9,10)5-3-1-2-4-6(5)11/h2-4H,5H2,1H3;1-4,11H. The summed E-state index contributed by atoms with van der Waals surface area (Å²) < 4.78 is 105. The van der Waals surface area contributed by atoms with Crippen LogP contribution < -0.4 is 4.74 Å². The third-order valence-electron chi connectivity index (χ3n) is 3.32. The summed E-state index contributed by atoms with van der Waals surface area (Å²) in [6, 6.07) is 6.32. The molecule has 0 aromatic heterocycles. The number of methoxy groups -OCH3 is 1. The fourth-order valence-corrected chi connectivity index (χ4v) is 2.69. The van der Waals surface area contributed by atoms with E-state index in [-0.39, 0.29) is 0 Å². The van der Waals surface area contributed by atoms with Gasteiger partial charge in [0.1, 0.15) is 11.5 Å². The molecule has 0 heterocycles. The molecule has 0 fully saturated rings. The number of rotatable bonds is 4. The van der Waals surface area contributed by atoms with E-state index in [2.05, 4.69) is 9.47 Å². The van der Waals surface area contributed by atoms with Crippen LogP contribution in [-0.4, -0.2) is 33.2 Å². The lowest BCUT2D eigenvalue weighted by molar-refractivity contribution is -0.145. The number of phenolic OH excluding ortho intramolecular Hbond substituents is 1. The first-order valence-corrected chi connectivity index (χ1v) is 10.1. The van der Waals surface area contributed by atoms with Crippen molar-refractivity contribution in [3.05, 3.63) is 53.6 Å². The molecule has 2 aromatic carbocycles. The van der Waals surface area contributed by atoms with E-state index in [4.69, 9.17) is 15.8 Å². The van der Waals surface area contributed by atoms with Gasteiger partial charge < -0.3 is 14.6 Å². The van der Waals surface area contributed by atoms with Crippen LogP contribution in [0.25, 0.3) is 0 Å². The Bertz CT molecular complexity index is 1020. The molecule has 172 valence electrons. The number of alkyl halides is 6. The predicted molar refractivity (Wildman–Crippen MR) is 95.1 cm³/mol.